The Morgan fingerprint density at radius 3 is 2.24 bits per heavy atom. The third kappa shape index (κ3) is 7.87. The largest absolute Gasteiger partial charge is 0.497 e. The van der Waals surface area contributed by atoms with Crippen molar-refractivity contribution in [1.29, 1.82) is 0 Å². The molecule has 12 heteroatoms. The van der Waals surface area contributed by atoms with E-state index < -0.39 is 28.5 Å². The van der Waals surface area contributed by atoms with E-state index in [1.165, 1.54) is 37.3 Å². The van der Waals surface area contributed by atoms with Crippen molar-refractivity contribution in [1.82, 2.24) is 10.2 Å². The van der Waals surface area contributed by atoms with Crippen molar-refractivity contribution in [3.63, 3.8) is 0 Å². The molecule has 0 aliphatic carbocycles. The molecule has 42 heavy (non-hydrogen) atoms. The van der Waals surface area contributed by atoms with Crippen LogP contribution in [0.3, 0.4) is 0 Å². The van der Waals surface area contributed by atoms with Gasteiger partial charge < -0.3 is 19.7 Å². The van der Waals surface area contributed by atoms with Crippen LogP contribution in [0.4, 0.5) is 5.69 Å². The Kier molecular flexibility index (Phi) is 11.5. The topological polar surface area (TPSA) is 105 Å². The summed E-state index contributed by atoms with van der Waals surface area (Å²) in [5.41, 5.74) is 1.58. The smallest absolute Gasteiger partial charge is 0.264 e. The Hall–Kier alpha value is -3.47. The maximum absolute atomic E-state index is 14.1. The number of benzene rings is 3. The normalized spacial score (nSPS) is 11.9. The van der Waals surface area contributed by atoms with Gasteiger partial charge in [-0.1, -0.05) is 53.9 Å². The lowest BCUT2D eigenvalue weighted by molar-refractivity contribution is -0.139. The van der Waals surface area contributed by atoms with Crippen molar-refractivity contribution in [2.24, 2.45) is 0 Å². The summed E-state index contributed by atoms with van der Waals surface area (Å²) < 4.78 is 40.0. The number of carbonyl (C=O) groups is 2. The summed E-state index contributed by atoms with van der Waals surface area (Å²) in [4.78, 5) is 28.4. The molecule has 1 N–H and O–H groups in total. The van der Waals surface area contributed by atoms with Gasteiger partial charge in [0.25, 0.3) is 10.0 Å². The molecule has 0 saturated carbocycles. The Morgan fingerprint density at radius 2 is 1.64 bits per heavy atom. The zero-order chi connectivity index (χ0) is 31.0. The molecule has 0 spiro atoms. The minimum atomic E-state index is -4.29. The van der Waals surface area contributed by atoms with Crippen LogP contribution in [0.2, 0.25) is 10.0 Å². The first-order valence-corrected chi connectivity index (χ1v) is 15.4. The van der Waals surface area contributed by atoms with Crippen molar-refractivity contribution in [2.75, 3.05) is 31.6 Å². The Labute approximate surface area is 257 Å². The molecule has 3 rings (SSSR count). The molecule has 3 aromatic rings. The van der Waals surface area contributed by atoms with Crippen LogP contribution in [0.5, 0.6) is 11.5 Å². The van der Waals surface area contributed by atoms with Crippen LogP contribution >= 0.6 is 23.2 Å². The summed E-state index contributed by atoms with van der Waals surface area (Å²) in [6.45, 7) is 5.11. The molecule has 3 aromatic carbocycles. The maximum Gasteiger partial charge on any atom is 0.264 e. The van der Waals surface area contributed by atoms with Crippen LogP contribution in [0.25, 0.3) is 0 Å². The molecule has 0 aliphatic rings. The molecule has 1 atom stereocenters. The van der Waals surface area contributed by atoms with Gasteiger partial charge in [-0.15, -0.1) is 0 Å². The van der Waals surface area contributed by atoms with Gasteiger partial charge in [-0.05, 0) is 62.2 Å². The van der Waals surface area contributed by atoms with Crippen LogP contribution in [0, 0.1) is 6.92 Å². The second-order valence-electron chi connectivity index (χ2n) is 9.60. The summed E-state index contributed by atoms with van der Waals surface area (Å²) in [6, 6.07) is 14.9. The average Bonchev–Trinajstić information content (AvgIpc) is 2.98. The summed E-state index contributed by atoms with van der Waals surface area (Å²) in [7, 11) is -1.44. The van der Waals surface area contributed by atoms with E-state index in [9.17, 15) is 18.0 Å². The summed E-state index contributed by atoms with van der Waals surface area (Å²) >= 11 is 12.3. The van der Waals surface area contributed by atoms with Crippen LogP contribution in [0.15, 0.2) is 65.6 Å². The van der Waals surface area contributed by atoms with E-state index in [4.69, 9.17) is 32.7 Å². The number of sulfonamides is 1. The first-order chi connectivity index (χ1) is 19.9. The predicted molar refractivity (Wildman–Crippen MR) is 165 cm³/mol. The lowest BCUT2D eigenvalue weighted by atomic mass is 10.1. The van der Waals surface area contributed by atoms with Gasteiger partial charge in [-0.3, -0.25) is 13.9 Å². The Morgan fingerprint density at radius 1 is 0.952 bits per heavy atom. The second-order valence-corrected chi connectivity index (χ2v) is 12.3. The highest BCUT2D eigenvalue weighted by atomic mass is 35.5. The monoisotopic (exact) mass is 635 g/mol. The highest BCUT2D eigenvalue weighted by Gasteiger charge is 2.34. The first kappa shape index (κ1) is 33.0. The average molecular weight is 637 g/mol. The predicted octanol–water partition coefficient (Wildman–Crippen LogP) is 5.46. The number of rotatable bonds is 13. The van der Waals surface area contributed by atoms with Crippen LogP contribution in [-0.4, -0.2) is 58.5 Å². The van der Waals surface area contributed by atoms with Gasteiger partial charge in [0.15, 0.2) is 0 Å². The fourth-order valence-electron chi connectivity index (χ4n) is 4.16. The second kappa shape index (κ2) is 14.6. The molecule has 9 nitrogen and oxygen atoms in total. The van der Waals surface area contributed by atoms with Crippen molar-refractivity contribution in [3.8, 4) is 11.5 Å². The van der Waals surface area contributed by atoms with Gasteiger partial charge in [0, 0.05) is 19.2 Å². The molecular formula is C30H35Cl2N3O6S. The zero-order valence-electron chi connectivity index (χ0n) is 24.2. The molecular weight excluding hydrogens is 601 g/mol. The molecule has 0 radical (unpaired) electrons. The van der Waals surface area contributed by atoms with Gasteiger partial charge >= 0.3 is 0 Å². The number of aryl methyl sites for hydroxylation is 1. The molecule has 0 fully saturated rings. The zero-order valence-corrected chi connectivity index (χ0v) is 26.5. The summed E-state index contributed by atoms with van der Waals surface area (Å²) in [5.74, 6) is -0.427. The minimum absolute atomic E-state index is 0.0180. The number of amides is 2. The number of halogens is 2. The fraction of sp³-hybridized carbons (Fsp3) is 0.333. The van der Waals surface area contributed by atoms with Crippen molar-refractivity contribution < 1.29 is 27.5 Å². The Balaban J connectivity index is 2.12. The maximum atomic E-state index is 14.1. The van der Waals surface area contributed by atoms with Crippen molar-refractivity contribution >= 4 is 50.7 Å². The molecule has 0 aromatic heterocycles. The standard InChI is InChI=1S/C30H35Cl2N3O6S/c1-6-15-33-30(37)21(3)34(18-22-9-13-25(31)26(32)16-22)29(36)19-35(27-17-23(40-4)10-14-28(27)41-5)42(38,39)24-11-7-20(2)8-12-24/h7-14,16-17,21H,6,15,18-19H2,1-5H3,(H,33,37). The summed E-state index contributed by atoms with van der Waals surface area (Å²) in [5, 5.41) is 3.43. The molecule has 1 unspecified atom stereocenters. The SMILES string of the molecule is CCCNC(=O)C(C)N(Cc1ccc(Cl)c(Cl)c1)C(=O)CN(c1cc(OC)ccc1OC)S(=O)(=O)c1ccc(C)cc1. The molecule has 0 heterocycles. The van der Waals surface area contributed by atoms with E-state index in [1.54, 1.807) is 49.4 Å². The number of ether oxygens (including phenoxy) is 2. The van der Waals surface area contributed by atoms with E-state index in [0.717, 1.165) is 9.87 Å². The Bertz CT molecular complexity index is 1520. The van der Waals surface area contributed by atoms with E-state index in [-0.39, 0.29) is 33.8 Å². The van der Waals surface area contributed by atoms with E-state index in [1.807, 2.05) is 13.8 Å². The van der Waals surface area contributed by atoms with E-state index in [0.29, 0.717) is 29.3 Å². The molecule has 226 valence electrons. The number of carbonyl (C=O) groups excluding carboxylic acids is 2. The number of methoxy groups -OCH3 is 2. The van der Waals surface area contributed by atoms with Gasteiger partial charge in [0.1, 0.15) is 24.1 Å². The number of hydrogen-bond donors (Lipinski definition) is 1. The lowest BCUT2D eigenvalue weighted by Gasteiger charge is -2.32. The van der Waals surface area contributed by atoms with Gasteiger partial charge in [-0.25, -0.2) is 8.42 Å². The number of anilines is 1. The quantitative estimate of drug-likeness (QED) is 0.267. The fourth-order valence-corrected chi connectivity index (χ4v) is 5.89. The number of hydrogen-bond acceptors (Lipinski definition) is 6. The number of nitrogens with zero attached hydrogens (tertiary/aromatic N) is 2. The van der Waals surface area contributed by atoms with Crippen LogP contribution in [0.1, 0.15) is 31.4 Å². The van der Waals surface area contributed by atoms with E-state index >= 15 is 0 Å². The first-order valence-electron chi connectivity index (χ1n) is 13.3. The van der Waals surface area contributed by atoms with Crippen LogP contribution < -0.4 is 19.1 Å². The van der Waals surface area contributed by atoms with Gasteiger partial charge in [0.2, 0.25) is 11.8 Å². The third-order valence-electron chi connectivity index (χ3n) is 6.60. The highest BCUT2D eigenvalue weighted by molar-refractivity contribution is 7.92. The molecule has 0 aliphatic heterocycles. The third-order valence-corrected chi connectivity index (χ3v) is 9.11. The lowest BCUT2D eigenvalue weighted by Crippen LogP contribution is -2.51. The summed E-state index contributed by atoms with van der Waals surface area (Å²) in [6.07, 6.45) is 0.706. The molecule has 0 saturated heterocycles. The van der Waals surface area contributed by atoms with Crippen molar-refractivity contribution in [2.45, 2.75) is 44.7 Å². The molecule has 0 bridgehead atoms. The van der Waals surface area contributed by atoms with E-state index in [2.05, 4.69) is 5.32 Å². The van der Waals surface area contributed by atoms with Gasteiger partial charge in [0.05, 0.1) is 34.8 Å². The van der Waals surface area contributed by atoms with Crippen LogP contribution in [-0.2, 0) is 26.2 Å². The molecule has 2 amide bonds. The van der Waals surface area contributed by atoms with Gasteiger partial charge in [-0.2, -0.15) is 0 Å². The number of nitrogens with one attached hydrogen (secondary N) is 1. The van der Waals surface area contributed by atoms with Crippen molar-refractivity contribution in [3.05, 3.63) is 81.8 Å². The minimum Gasteiger partial charge on any atom is -0.497 e. The highest BCUT2D eigenvalue weighted by Crippen LogP contribution is 2.36.